The third-order valence-corrected chi connectivity index (χ3v) is 3.13. The maximum absolute atomic E-state index is 9.93. The number of nitrogens with two attached hydrogens (primary N) is 1. The fourth-order valence-corrected chi connectivity index (χ4v) is 2.15. The molecule has 9 heteroatoms. The van der Waals surface area contributed by atoms with Crippen LogP contribution in [-0.2, 0) is 4.74 Å². The van der Waals surface area contributed by atoms with E-state index in [4.69, 9.17) is 21.0 Å². The van der Waals surface area contributed by atoms with E-state index in [-0.39, 0.29) is 11.5 Å². The first kappa shape index (κ1) is 13.7. The number of anilines is 1. The molecule has 0 bridgehead atoms. The molecule has 0 amide bonds. The highest BCUT2D eigenvalue weighted by Crippen LogP contribution is 2.36. The Balaban J connectivity index is 2.35. The van der Waals surface area contributed by atoms with E-state index < -0.39 is 31.0 Å². The van der Waals surface area contributed by atoms with Crippen LogP contribution in [-0.4, -0.2) is 63.3 Å². The highest BCUT2D eigenvalue weighted by atomic mass is 16.6. The molecule has 9 nitrogen and oxygen atoms in total. The van der Waals surface area contributed by atoms with Gasteiger partial charge in [0.1, 0.15) is 35.9 Å². The minimum absolute atomic E-state index is 0.204. The smallest absolute Gasteiger partial charge is 0.150 e. The molecule has 0 aromatic carbocycles. The summed E-state index contributed by atoms with van der Waals surface area (Å²) in [5.41, 5.74) is 6.38. The number of rotatable bonds is 4. The van der Waals surface area contributed by atoms with Gasteiger partial charge in [-0.05, 0) is 0 Å². The van der Waals surface area contributed by atoms with Crippen LogP contribution in [0, 0.1) is 5.41 Å². The topological polar surface area (TPSA) is 160 Å². The van der Waals surface area contributed by atoms with Crippen molar-refractivity contribution >= 4 is 11.5 Å². The lowest BCUT2D eigenvalue weighted by Gasteiger charge is -2.14. The molecule has 8 N–H and O–H groups in total. The predicted octanol–water partition coefficient (Wildman–Crippen LogP) is -2.11. The second-order valence-corrected chi connectivity index (χ2v) is 4.28. The summed E-state index contributed by atoms with van der Waals surface area (Å²) in [5.74, 6) is -0.237. The number of nitrogens with one attached hydrogen (secondary N) is 3. The maximum atomic E-state index is 9.93. The van der Waals surface area contributed by atoms with Gasteiger partial charge in [-0.3, -0.25) is 10.5 Å². The monoisotopic (exact) mass is 271 g/mol. The molecule has 1 saturated heterocycles. The zero-order chi connectivity index (χ0) is 14.2. The third kappa shape index (κ3) is 2.16. The second-order valence-electron chi connectivity index (χ2n) is 4.28. The first-order chi connectivity index (χ1) is 9.01. The van der Waals surface area contributed by atoms with Crippen molar-refractivity contribution in [3.8, 4) is 0 Å². The Morgan fingerprint density at radius 3 is 2.68 bits per heavy atom. The van der Waals surface area contributed by atoms with Gasteiger partial charge in [-0.25, -0.2) is 0 Å². The Morgan fingerprint density at radius 2 is 2.21 bits per heavy atom. The van der Waals surface area contributed by atoms with Crippen LogP contribution in [0.3, 0.4) is 0 Å². The number of aromatic nitrogens is 2. The van der Waals surface area contributed by atoms with E-state index in [1.54, 1.807) is 7.05 Å². The van der Waals surface area contributed by atoms with Crippen LogP contribution in [0.5, 0.6) is 0 Å². The van der Waals surface area contributed by atoms with E-state index in [2.05, 4.69) is 15.5 Å². The molecule has 19 heavy (non-hydrogen) atoms. The minimum atomic E-state index is -1.20. The molecule has 0 spiro atoms. The van der Waals surface area contributed by atoms with Gasteiger partial charge in [0.05, 0.1) is 18.0 Å². The number of nitrogen functional groups attached to an aromatic ring is 1. The molecule has 1 aromatic rings. The van der Waals surface area contributed by atoms with Crippen LogP contribution in [0.1, 0.15) is 17.5 Å². The van der Waals surface area contributed by atoms with E-state index >= 15 is 0 Å². The van der Waals surface area contributed by atoms with Crippen LogP contribution in [0.4, 0.5) is 5.69 Å². The summed E-state index contributed by atoms with van der Waals surface area (Å²) in [7, 11) is 1.61. The fourth-order valence-electron chi connectivity index (χ4n) is 2.15. The Hall–Kier alpha value is -1.68. The van der Waals surface area contributed by atoms with Crippen molar-refractivity contribution in [3.63, 3.8) is 0 Å². The van der Waals surface area contributed by atoms with E-state index in [1.807, 2.05) is 0 Å². The van der Waals surface area contributed by atoms with Gasteiger partial charge in [0.25, 0.3) is 0 Å². The quantitative estimate of drug-likeness (QED) is 0.243. The van der Waals surface area contributed by atoms with Crippen molar-refractivity contribution in [3.05, 3.63) is 11.4 Å². The number of H-pyrrole nitrogens is 1. The zero-order valence-corrected chi connectivity index (χ0v) is 10.3. The average Bonchev–Trinajstić information content (AvgIpc) is 2.92. The lowest BCUT2D eigenvalue weighted by Crippen LogP contribution is -2.32. The number of aromatic amines is 1. The molecule has 2 rings (SSSR count). The van der Waals surface area contributed by atoms with Crippen molar-refractivity contribution in [2.24, 2.45) is 5.73 Å². The van der Waals surface area contributed by atoms with Crippen molar-refractivity contribution in [1.29, 1.82) is 5.41 Å². The average molecular weight is 271 g/mol. The molecular formula is C10H17N5O4. The number of hydrogen-bond acceptors (Lipinski definition) is 7. The number of aliphatic hydroxyl groups excluding tert-OH is 3. The first-order valence-electron chi connectivity index (χ1n) is 5.74. The fraction of sp³-hybridized carbons (Fsp3) is 0.600. The molecule has 4 atom stereocenters. The van der Waals surface area contributed by atoms with Crippen LogP contribution < -0.4 is 11.1 Å². The summed E-state index contributed by atoms with van der Waals surface area (Å²) in [4.78, 5) is 0. The lowest BCUT2D eigenvalue weighted by molar-refractivity contribution is -0.0237. The highest BCUT2D eigenvalue weighted by molar-refractivity contribution is 5.98. The largest absolute Gasteiger partial charge is 0.394 e. The summed E-state index contributed by atoms with van der Waals surface area (Å²) in [6.45, 7) is -0.405. The summed E-state index contributed by atoms with van der Waals surface area (Å²) in [5, 5.41) is 45.4. The molecule has 1 aliphatic heterocycles. The summed E-state index contributed by atoms with van der Waals surface area (Å²) in [6, 6.07) is 0. The van der Waals surface area contributed by atoms with E-state index in [0.29, 0.717) is 11.4 Å². The summed E-state index contributed by atoms with van der Waals surface area (Å²) >= 11 is 0. The Labute approximate surface area is 108 Å². The van der Waals surface area contributed by atoms with E-state index in [9.17, 15) is 10.2 Å². The SMILES string of the molecule is CNc1c(C(=N)N)n[nH]c1C1OC(CO)C(O)C1O. The van der Waals surface area contributed by atoms with Gasteiger partial charge in [0.2, 0.25) is 0 Å². The Bertz CT molecular complexity index is 476. The van der Waals surface area contributed by atoms with Crippen LogP contribution in [0.15, 0.2) is 0 Å². The molecule has 1 aliphatic rings. The van der Waals surface area contributed by atoms with E-state index in [1.165, 1.54) is 0 Å². The molecule has 0 saturated carbocycles. The van der Waals surface area contributed by atoms with Gasteiger partial charge in [0.15, 0.2) is 0 Å². The highest BCUT2D eigenvalue weighted by Gasteiger charge is 2.45. The molecular weight excluding hydrogens is 254 g/mol. The lowest BCUT2D eigenvalue weighted by atomic mass is 10.0. The molecule has 0 radical (unpaired) electrons. The Kier molecular flexibility index (Phi) is 3.71. The van der Waals surface area contributed by atoms with Gasteiger partial charge in [-0.1, -0.05) is 0 Å². The van der Waals surface area contributed by atoms with Crippen molar-refractivity contribution in [2.75, 3.05) is 19.0 Å². The van der Waals surface area contributed by atoms with Crippen LogP contribution in [0.25, 0.3) is 0 Å². The van der Waals surface area contributed by atoms with Gasteiger partial charge < -0.3 is 31.1 Å². The van der Waals surface area contributed by atoms with Crippen molar-refractivity contribution < 1.29 is 20.1 Å². The van der Waals surface area contributed by atoms with Gasteiger partial charge in [0, 0.05) is 7.05 Å². The van der Waals surface area contributed by atoms with Gasteiger partial charge in [-0.15, -0.1) is 0 Å². The minimum Gasteiger partial charge on any atom is -0.394 e. The van der Waals surface area contributed by atoms with Crippen molar-refractivity contribution in [2.45, 2.75) is 24.4 Å². The second kappa shape index (κ2) is 5.13. The molecule has 106 valence electrons. The molecule has 2 heterocycles. The van der Waals surface area contributed by atoms with Gasteiger partial charge in [-0.2, -0.15) is 5.10 Å². The van der Waals surface area contributed by atoms with E-state index in [0.717, 1.165) is 0 Å². The number of amidine groups is 1. The van der Waals surface area contributed by atoms with Crippen molar-refractivity contribution in [1.82, 2.24) is 10.2 Å². The summed E-state index contributed by atoms with van der Waals surface area (Å²) < 4.78 is 5.38. The summed E-state index contributed by atoms with van der Waals surface area (Å²) in [6.07, 6.45) is -4.14. The molecule has 1 fully saturated rings. The molecule has 4 unspecified atom stereocenters. The predicted molar refractivity (Wildman–Crippen MR) is 65.9 cm³/mol. The van der Waals surface area contributed by atoms with Crippen LogP contribution >= 0.6 is 0 Å². The normalized spacial score (nSPS) is 30.5. The standard InChI is InChI=1S/C10H17N5O4/c1-13-4-5(14-15-6(4)10(11)12)9-8(18)7(17)3(2-16)19-9/h3,7-9,13,16-18H,2H2,1H3,(H3,11,12)(H,14,15). The number of aliphatic hydroxyl groups is 3. The third-order valence-electron chi connectivity index (χ3n) is 3.13. The zero-order valence-electron chi connectivity index (χ0n) is 10.3. The first-order valence-corrected chi connectivity index (χ1v) is 5.74. The number of nitrogens with zero attached hydrogens (tertiary/aromatic N) is 1. The maximum Gasteiger partial charge on any atom is 0.150 e. The molecule has 0 aliphatic carbocycles. The van der Waals surface area contributed by atoms with Crippen LogP contribution in [0.2, 0.25) is 0 Å². The van der Waals surface area contributed by atoms with Gasteiger partial charge >= 0.3 is 0 Å². The Morgan fingerprint density at radius 1 is 1.53 bits per heavy atom. The number of hydrogen-bond donors (Lipinski definition) is 7. The molecule has 1 aromatic heterocycles. The number of ether oxygens (including phenoxy) is 1.